The van der Waals surface area contributed by atoms with E-state index in [1.807, 2.05) is 12.1 Å². The molecule has 31 heavy (non-hydrogen) atoms. The van der Waals surface area contributed by atoms with Gasteiger partial charge >= 0.3 is 5.97 Å². The molecule has 1 aromatic carbocycles. The first-order valence-corrected chi connectivity index (χ1v) is 10.9. The van der Waals surface area contributed by atoms with E-state index < -0.39 is 20.7 Å². The van der Waals surface area contributed by atoms with E-state index in [0.29, 0.717) is 5.56 Å². The number of aliphatic carboxylic acids is 1. The first kappa shape index (κ1) is 22.2. The summed E-state index contributed by atoms with van der Waals surface area (Å²) in [7, 11) is -2.34. The molecule has 9 nitrogen and oxygen atoms in total. The van der Waals surface area contributed by atoms with Gasteiger partial charge in [0.2, 0.25) is 9.84 Å². The van der Waals surface area contributed by atoms with Crippen molar-refractivity contribution in [3.63, 3.8) is 0 Å². The highest BCUT2D eigenvalue weighted by molar-refractivity contribution is 7.92. The van der Waals surface area contributed by atoms with Gasteiger partial charge < -0.3 is 21.5 Å². The van der Waals surface area contributed by atoms with Crippen LogP contribution in [0.3, 0.4) is 0 Å². The van der Waals surface area contributed by atoms with Gasteiger partial charge in [0.05, 0.1) is 10.6 Å². The molecular weight excluding hydrogens is 418 g/mol. The number of carboxylic acid groups (broad SMARTS) is 1. The lowest BCUT2D eigenvalue weighted by Gasteiger charge is -2.29. The van der Waals surface area contributed by atoms with E-state index in [1.165, 1.54) is 30.6 Å². The van der Waals surface area contributed by atoms with Crippen molar-refractivity contribution in [2.24, 2.45) is 5.73 Å². The normalized spacial score (nSPS) is 13.2. The SMILES string of the molecule is CNc1ccc(CC(N)(c2cccc(NCC(=O)O)n2)S(=O)(=O)c2cccnc2)cc1. The van der Waals surface area contributed by atoms with Crippen LogP contribution in [0.5, 0.6) is 0 Å². The van der Waals surface area contributed by atoms with Gasteiger partial charge in [-0.3, -0.25) is 9.78 Å². The van der Waals surface area contributed by atoms with Crippen molar-refractivity contribution in [1.82, 2.24) is 9.97 Å². The fourth-order valence-electron chi connectivity index (χ4n) is 3.07. The van der Waals surface area contributed by atoms with E-state index in [4.69, 9.17) is 10.8 Å². The minimum Gasteiger partial charge on any atom is -0.480 e. The number of benzene rings is 1. The maximum Gasteiger partial charge on any atom is 0.322 e. The van der Waals surface area contributed by atoms with E-state index in [1.54, 1.807) is 31.3 Å². The number of carbonyl (C=O) groups is 1. The van der Waals surface area contributed by atoms with E-state index in [0.717, 1.165) is 5.69 Å². The second-order valence-electron chi connectivity index (χ2n) is 6.86. The quantitative estimate of drug-likeness (QED) is 0.390. The highest BCUT2D eigenvalue weighted by atomic mass is 32.2. The Labute approximate surface area is 180 Å². The number of sulfone groups is 1. The number of aromatic nitrogens is 2. The molecule has 0 amide bonds. The van der Waals surface area contributed by atoms with Crippen LogP contribution < -0.4 is 16.4 Å². The Balaban J connectivity index is 2.10. The van der Waals surface area contributed by atoms with Crippen molar-refractivity contribution in [2.75, 3.05) is 24.2 Å². The maximum absolute atomic E-state index is 13.6. The standard InChI is InChI=1S/C21H23N5O4S/c1-23-16-9-7-15(8-10-16)12-21(22,31(29,30)17-4-3-11-24-13-17)18-5-2-6-19(26-18)25-14-20(27)28/h2-11,13,23H,12,14,22H2,1H3,(H,25,26)(H,27,28). The van der Waals surface area contributed by atoms with Crippen LogP contribution in [0, 0.1) is 0 Å². The third-order valence-electron chi connectivity index (χ3n) is 4.74. The zero-order chi connectivity index (χ0) is 22.5. The fraction of sp³-hybridized carbons (Fsp3) is 0.190. The zero-order valence-corrected chi connectivity index (χ0v) is 17.6. The molecule has 0 bridgehead atoms. The molecule has 0 radical (unpaired) electrons. The summed E-state index contributed by atoms with van der Waals surface area (Å²) in [6.07, 6.45) is 2.67. The van der Waals surface area contributed by atoms with Gasteiger partial charge in [-0.25, -0.2) is 13.4 Å². The van der Waals surface area contributed by atoms with Gasteiger partial charge in [0.25, 0.3) is 0 Å². The summed E-state index contributed by atoms with van der Waals surface area (Å²) in [4.78, 5) is 17.2. The number of nitrogens with zero attached hydrogens (tertiary/aromatic N) is 2. The van der Waals surface area contributed by atoms with Crippen LogP contribution in [0.15, 0.2) is 71.9 Å². The van der Waals surface area contributed by atoms with Crippen LogP contribution in [0.4, 0.5) is 11.5 Å². The number of nitrogens with two attached hydrogens (primary N) is 1. The molecule has 162 valence electrons. The number of hydrogen-bond acceptors (Lipinski definition) is 8. The topological polar surface area (TPSA) is 147 Å². The molecule has 0 aliphatic heterocycles. The second kappa shape index (κ2) is 9.11. The monoisotopic (exact) mass is 441 g/mol. The third-order valence-corrected chi connectivity index (χ3v) is 6.91. The molecule has 0 aliphatic rings. The summed E-state index contributed by atoms with van der Waals surface area (Å²) >= 11 is 0. The number of carboxylic acids is 1. The fourth-order valence-corrected chi connectivity index (χ4v) is 4.69. The Bertz CT molecular complexity index is 1150. The smallest absolute Gasteiger partial charge is 0.322 e. The Morgan fingerprint density at radius 1 is 1.13 bits per heavy atom. The number of hydrogen-bond donors (Lipinski definition) is 4. The predicted molar refractivity (Wildman–Crippen MR) is 117 cm³/mol. The molecule has 3 aromatic rings. The van der Waals surface area contributed by atoms with Gasteiger partial charge in [0.15, 0.2) is 4.87 Å². The molecule has 0 spiro atoms. The number of anilines is 2. The zero-order valence-electron chi connectivity index (χ0n) is 16.8. The first-order valence-electron chi connectivity index (χ1n) is 9.40. The van der Waals surface area contributed by atoms with Gasteiger partial charge in [0.1, 0.15) is 12.4 Å². The summed E-state index contributed by atoms with van der Waals surface area (Å²) in [5.74, 6) is -0.861. The van der Waals surface area contributed by atoms with Crippen LogP contribution in [-0.2, 0) is 25.9 Å². The molecular formula is C21H23N5O4S. The summed E-state index contributed by atoms with van der Waals surface area (Å²) in [5.41, 5.74) is 8.27. The van der Waals surface area contributed by atoms with Gasteiger partial charge in [-0.2, -0.15) is 0 Å². The van der Waals surface area contributed by atoms with Crippen LogP contribution >= 0.6 is 0 Å². The van der Waals surface area contributed by atoms with E-state index in [9.17, 15) is 13.2 Å². The number of rotatable bonds is 9. The van der Waals surface area contributed by atoms with Crippen molar-refractivity contribution < 1.29 is 18.3 Å². The lowest BCUT2D eigenvalue weighted by atomic mass is 10.0. The van der Waals surface area contributed by atoms with Gasteiger partial charge in [0, 0.05) is 31.5 Å². The molecule has 0 saturated heterocycles. The van der Waals surface area contributed by atoms with Crippen molar-refractivity contribution in [2.45, 2.75) is 16.2 Å². The Morgan fingerprint density at radius 3 is 2.48 bits per heavy atom. The average Bonchev–Trinajstić information content (AvgIpc) is 2.78. The molecule has 1 unspecified atom stereocenters. The van der Waals surface area contributed by atoms with Gasteiger partial charge in [-0.05, 0) is 42.0 Å². The second-order valence-corrected chi connectivity index (χ2v) is 9.07. The van der Waals surface area contributed by atoms with Gasteiger partial charge in [-0.1, -0.05) is 18.2 Å². The van der Waals surface area contributed by atoms with Crippen LogP contribution in [-0.4, -0.2) is 43.1 Å². The molecule has 0 saturated carbocycles. The first-order chi connectivity index (χ1) is 14.8. The Kier molecular flexibility index (Phi) is 6.52. The average molecular weight is 442 g/mol. The van der Waals surface area contributed by atoms with E-state index in [-0.39, 0.29) is 29.4 Å². The van der Waals surface area contributed by atoms with Crippen LogP contribution in [0.25, 0.3) is 0 Å². The largest absolute Gasteiger partial charge is 0.480 e. The molecule has 0 fully saturated rings. The number of pyridine rings is 2. The molecule has 5 N–H and O–H groups in total. The highest BCUT2D eigenvalue weighted by Crippen LogP contribution is 2.34. The van der Waals surface area contributed by atoms with E-state index >= 15 is 0 Å². The van der Waals surface area contributed by atoms with Crippen molar-refractivity contribution in [3.8, 4) is 0 Å². The highest BCUT2D eigenvalue weighted by Gasteiger charge is 2.44. The summed E-state index contributed by atoms with van der Waals surface area (Å²) in [6, 6.07) is 14.8. The minimum atomic E-state index is -4.12. The maximum atomic E-state index is 13.6. The van der Waals surface area contributed by atoms with E-state index in [2.05, 4.69) is 20.6 Å². The number of nitrogens with one attached hydrogen (secondary N) is 2. The minimum absolute atomic E-state index is 0.0324. The molecule has 3 rings (SSSR count). The molecule has 0 aliphatic carbocycles. The Hall–Kier alpha value is -3.50. The molecule has 2 heterocycles. The van der Waals surface area contributed by atoms with Crippen molar-refractivity contribution >= 4 is 27.3 Å². The lowest BCUT2D eigenvalue weighted by molar-refractivity contribution is -0.134. The summed E-state index contributed by atoms with van der Waals surface area (Å²) in [6.45, 7) is -0.366. The molecule has 10 heteroatoms. The van der Waals surface area contributed by atoms with Gasteiger partial charge in [-0.15, -0.1) is 0 Å². The third kappa shape index (κ3) is 4.81. The van der Waals surface area contributed by atoms with Crippen LogP contribution in [0.1, 0.15) is 11.3 Å². The lowest BCUT2D eigenvalue weighted by Crippen LogP contribution is -2.47. The van der Waals surface area contributed by atoms with Crippen LogP contribution in [0.2, 0.25) is 0 Å². The Morgan fingerprint density at radius 2 is 1.87 bits per heavy atom. The predicted octanol–water partition coefficient (Wildman–Crippen LogP) is 1.84. The van der Waals surface area contributed by atoms with Crippen molar-refractivity contribution in [1.29, 1.82) is 0 Å². The molecule has 1 atom stereocenters. The van der Waals surface area contributed by atoms with Crippen molar-refractivity contribution in [3.05, 3.63) is 78.2 Å². The summed E-state index contributed by atoms with van der Waals surface area (Å²) < 4.78 is 27.3. The molecule has 2 aromatic heterocycles. The summed E-state index contributed by atoms with van der Waals surface area (Å²) in [5, 5.41) is 14.6.